The monoisotopic (exact) mass is 316 g/mol. The lowest BCUT2D eigenvalue weighted by Crippen LogP contribution is -2.39. The molecule has 0 saturated carbocycles. The fourth-order valence-electron chi connectivity index (χ4n) is 1.96. The van der Waals surface area contributed by atoms with Gasteiger partial charge < -0.3 is 14.5 Å². The van der Waals surface area contributed by atoms with E-state index in [-0.39, 0.29) is 17.6 Å². The number of aryl methyl sites for hydroxylation is 1. The number of benzene rings is 1. The normalized spacial score (nSPS) is 12.0. The number of aromatic nitrogens is 1. The van der Waals surface area contributed by atoms with Gasteiger partial charge in [-0.3, -0.25) is 4.79 Å². The van der Waals surface area contributed by atoms with Gasteiger partial charge in [0.15, 0.2) is 11.8 Å². The van der Waals surface area contributed by atoms with Crippen LogP contribution in [0.25, 0.3) is 11.5 Å². The van der Waals surface area contributed by atoms with Crippen LogP contribution < -0.4 is 5.32 Å². The summed E-state index contributed by atoms with van der Waals surface area (Å²) in [6.45, 7) is 6.82. The molecule has 1 aromatic carbocycles. The number of esters is 1. The van der Waals surface area contributed by atoms with E-state index in [0.717, 1.165) is 5.56 Å². The predicted molar refractivity (Wildman–Crippen MR) is 84.8 cm³/mol. The van der Waals surface area contributed by atoms with Crippen molar-refractivity contribution in [1.82, 2.24) is 10.3 Å². The van der Waals surface area contributed by atoms with E-state index in [4.69, 9.17) is 9.15 Å². The molecule has 1 aromatic heterocycles. The Hall–Kier alpha value is -2.63. The summed E-state index contributed by atoms with van der Waals surface area (Å²) >= 11 is 0. The van der Waals surface area contributed by atoms with Crippen LogP contribution in [-0.2, 0) is 9.53 Å². The van der Waals surface area contributed by atoms with Crippen LogP contribution in [0.3, 0.4) is 0 Å². The van der Waals surface area contributed by atoms with E-state index >= 15 is 0 Å². The standard InChI is InChI=1S/C17H20N2O4/c1-10(2)18-15(20)12(4)23-17(21)14-11(3)22-16(19-14)13-8-6-5-7-9-13/h5-10,12H,1-4H3,(H,18,20)/t12-/m1/s1. The van der Waals surface area contributed by atoms with Gasteiger partial charge in [-0.2, -0.15) is 0 Å². The number of carbonyl (C=O) groups is 2. The van der Waals surface area contributed by atoms with E-state index < -0.39 is 12.1 Å². The minimum absolute atomic E-state index is 0.0258. The number of amides is 1. The molecule has 23 heavy (non-hydrogen) atoms. The Morgan fingerprint density at radius 3 is 2.43 bits per heavy atom. The molecule has 0 spiro atoms. The molecule has 0 radical (unpaired) electrons. The first kappa shape index (κ1) is 16.7. The fraction of sp³-hybridized carbons (Fsp3) is 0.353. The van der Waals surface area contributed by atoms with Crippen LogP contribution in [0.5, 0.6) is 0 Å². The zero-order chi connectivity index (χ0) is 17.0. The number of oxazole rings is 1. The van der Waals surface area contributed by atoms with E-state index in [1.807, 2.05) is 44.2 Å². The molecule has 1 amide bonds. The first-order valence-corrected chi connectivity index (χ1v) is 7.42. The molecule has 0 aliphatic rings. The molecule has 1 N–H and O–H groups in total. The minimum Gasteiger partial charge on any atom is -0.448 e. The summed E-state index contributed by atoms with van der Waals surface area (Å²) in [5.41, 5.74) is 0.841. The van der Waals surface area contributed by atoms with Crippen LogP contribution in [0.1, 0.15) is 37.0 Å². The van der Waals surface area contributed by atoms with E-state index in [1.165, 1.54) is 6.92 Å². The third-order valence-electron chi connectivity index (χ3n) is 3.09. The minimum atomic E-state index is -0.902. The van der Waals surface area contributed by atoms with Gasteiger partial charge in [-0.25, -0.2) is 9.78 Å². The highest BCUT2D eigenvalue weighted by molar-refractivity contribution is 5.91. The largest absolute Gasteiger partial charge is 0.448 e. The van der Waals surface area contributed by atoms with Gasteiger partial charge in [0.2, 0.25) is 5.89 Å². The zero-order valence-corrected chi connectivity index (χ0v) is 13.6. The van der Waals surface area contributed by atoms with Gasteiger partial charge in [0.25, 0.3) is 5.91 Å². The summed E-state index contributed by atoms with van der Waals surface area (Å²) in [5, 5.41) is 2.69. The molecule has 1 atom stereocenters. The van der Waals surface area contributed by atoms with Crippen LogP contribution in [0.2, 0.25) is 0 Å². The SMILES string of the molecule is Cc1oc(-c2ccccc2)nc1C(=O)O[C@H](C)C(=O)NC(C)C. The van der Waals surface area contributed by atoms with Gasteiger partial charge in [-0.05, 0) is 39.8 Å². The molecular weight excluding hydrogens is 296 g/mol. The second-order valence-corrected chi connectivity index (χ2v) is 5.50. The van der Waals surface area contributed by atoms with Crippen molar-refractivity contribution >= 4 is 11.9 Å². The summed E-state index contributed by atoms with van der Waals surface area (Å²) in [4.78, 5) is 28.2. The maximum Gasteiger partial charge on any atom is 0.361 e. The van der Waals surface area contributed by atoms with E-state index in [0.29, 0.717) is 11.7 Å². The lowest BCUT2D eigenvalue weighted by molar-refractivity contribution is -0.129. The Morgan fingerprint density at radius 1 is 1.17 bits per heavy atom. The molecule has 2 rings (SSSR count). The van der Waals surface area contributed by atoms with Gasteiger partial charge in [0, 0.05) is 11.6 Å². The summed E-state index contributed by atoms with van der Waals surface area (Å²) in [6.07, 6.45) is -0.902. The number of ether oxygens (including phenoxy) is 1. The maximum atomic E-state index is 12.2. The average Bonchev–Trinajstić information content (AvgIpc) is 2.89. The molecule has 0 bridgehead atoms. The van der Waals surface area contributed by atoms with Crippen LogP contribution in [0.4, 0.5) is 0 Å². The summed E-state index contributed by atoms with van der Waals surface area (Å²) in [5.74, 6) is -0.336. The summed E-state index contributed by atoms with van der Waals surface area (Å²) in [6, 6.07) is 9.22. The predicted octanol–water partition coefficient (Wildman–Crippen LogP) is 2.72. The molecule has 0 saturated heterocycles. The number of hydrogen-bond donors (Lipinski definition) is 1. The number of nitrogens with one attached hydrogen (secondary N) is 1. The Balaban J connectivity index is 2.11. The Kier molecular flexibility index (Phi) is 5.16. The van der Waals surface area contributed by atoms with Gasteiger partial charge in [0.1, 0.15) is 5.76 Å². The molecule has 0 aliphatic heterocycles. The van der Waals surface area contributed by atoms with Crippen molar-refractivity contribution in [3.05, 3.63) is 41.8 Å². The highest BCUT2D eigenvalue weighted by Crippen LogP contribution is 2.22. The molecule has 2 aromatic rings. The van der Waals surface area contributed by atoms with Crippen LogP contribution in [-0.4, -0.2) is 29.0 Å². The Morgan fingerprint density at radius 2 is 1.83 bits per heavy atom. The highest BCUT2D eigenvalue weighted by Gasteiger charge is 2.24. The topological polar surface area (TPSA) is 81.4 Å². The fourth-order valence-corrected chi connectivity index (χ4v) is 1.96. The van der Waals surface area contributed by atoms with Gasteiger partial charge in [-0.15, -0.1) is 0 Å². The van der Waals surface area contributed by atoms with Gasteiger partial charge >= 0.3 is 5.97 Å². The average molecular weight is 316 g/mol. The number of hydrogen-bond acceptors (Lipinski definition) is 5. The quantitative estimate of drug-likeness (QED) is 0.858. The van der Waals surface area contributed by atoms with Crippen LogP contribution >= 0.6 is 0 Å². The van der Waals surface area contributed by atoms with Crippen LogP contribution in [0.15, 0.2) is 34.7 Å². The van der Waals surface area contributed by atoms with Crippen molar-refractivity contribution < 1.29 is 18.7 Å². The van der Waals surface area contributed by atoms with Crippen molar-refractivity contribution in [2.24, 2.45) is 0 Å². The lowest BCUT2D eigenvalue weighted by Gasteiger charge is -2.14. The van der Waals surface area contributed by atoms with Crippen LogP contribution in [0, 0.1) is 6.92 Å². The van der Waals surface area contributed by atoms with Crippen molar-refractivity contribution in [3.8, 4) is 11.5 Å². The van der Waals surface area contributed by atoms with Crippen molar-refractivity contribution in [1.29, 1.82) is 0 Å². The number of rotatable bonds is 5. The summed E-state index contributed by atoms with van der Waals surface area (Å²) in [7, 11) is 0. The van der Waals surface area contributed by atoms with E-state index in [2.05, 4.69) is 10.3 Å². The molecule has 1 heterocycles. The third kappa shape index (κ3) is 4.18. The molecular formula is C17H20N2O4. The summed E-state index contributed by atoms with van der Waals surface area (Å²) < 4.78 is 10.7. The molecule has 6 heteroatoms. The first-order chi connectivity index (χ1) is 10.9. The molecule has 0 unspecified atom stereocenters. The third-order valence-corrected chi connectivity index (χ3v) is 3.09. The maximum absolute atomic E-state index is 12.2. The smallest absolute Gasteiger partial charge is 0.361 e. The zero-order valence-electron chi connectivity index (χ0n) is 13.6. The number of carbonyl (C=O) groups excluding carboxylic acids is 2. The van der Waals surface area contributed by atoms with Gasteiger partial charge in [-0.1, -0.05) is 18.2 Å². The van der Waals surface area contributed by atoms with Crippen molar-refractivity contribution in [2.75, 3.05) is 0 Å². The Bertz CT molecular complexity index is 692. The molecule has 6 nitrogen and oxygen atoms in total. The van der Waals surface area contributed by atoms with Crippen molar-refractivity contribution in [2.45, 2.75) is 39.8 Å². The Labute approximate surface area is 134 Å². The molecule has 122 valence electrons. The second-order valence-electron chi connectivity index (χ2n) is 5.50. The van der Waals surface area contributed by atoms with E-state index in [1.54, 1.807) is 6.92 Å². The van der Waals surface area contributed by atoms with Gasteiger partial charge in [0.05, 0.1) is 0 Å². The molecule has 0 fully saturated rings. The lowest BCUT2D eigenvalue weighted by atomic mass is 10.2. The van der Waals surface area contributed by atoms with E-state index in [9.17, 15) is 9.59 Å². The second kappa shape index (κ2) is 7.09. The number of nitrogens with zero attached hydrogens (tertiary/aromatic N) is 1. The highest BCUT2D eigenvalue weighted by atomic mass is 16.5. The van der Waals surface area contributed by atoms with Crippen molar-refractivity contribution in [3.63, 3.8) is 0 Å². The molecule has 0 aliphatic carbocycles. The first-order valence-electron chi connectivity index (χ1n) is 7.42.